The molecule has 0 radical (unpaired) electrons. The van der Waals surface area contributed by atoms with Gasteiger partial charge < -0.3 is 10.3 Å². The lowest BCUT2D eigenvalue weighted by molar-refractivity contribution is 0.488. The maximum atomic E-state index is 5.71. The number of imidazole rings is 1. The molecule has 0 bridgehead atoms. The zero-order valence-electron chi connectivity index (χ0n) is 12.7. The van der Waals surface area contributed by atoms with Crippen molar-refractivity contribution in [1.29, 1.82) is 0 Å². The van der Waals surface area contributed by atoms with E-state index in [2.05, 4.69) is 57.4 Å². The second kappa shape index (κ2) is 4.97. The van der Waals surface area contributed by atoms with E-state index in [4.69, 9.17) is 10.7 Å². The highest BCUT2D eigenvalue weighted by Gasteiger charge is 2.21. The molecule has 0 fully saturated rings. The van der Waals surface area contributed by atoms with Crippen LogP contribution in [0.3, 0.4) is 0 Å². The SMILES string of the molecule is Cc1nc2cc(C(C)(C)CCN)ccc2n1C(C)C. The molecule has 0 aliphatic heterocycles. The first kappa shape index (κ1) is 14.1. The lowest BCUT2D eigenvalue weighted by Crippen LogP contribution is -2.21. The third-order valence-corrected chi connectivity index (χ3v) is 3.93. The van der Waals surface area contributed by atoms with Crippen molar-refractivity contribution >= 4 is 11.0 Å². The second-order valence-corrected chi connectivity index (χ2v) is 6.25. The Kier molecular flexibility index (Phi) is 3.68. The van der Waals surface area contributed by atoms with Gasteiger partial charge in [-0.1, -0.05) is 19.9 Å². The zero-order valence-corrected chi connectivity index (χ0v) is 12.7. The van der Waals surface area contributed by atoms with Gasteiger partial charge in [-0.2, -0.15) is 0 Å². The summed E-state index contributed by atoms with van der Waals surface area (Å²) in [5.41, 5.74) is 9.45. The first-order valence-electron chi connectivity index (χ1n) is 7.06. The van der Waals surface area contributed by atoms with E-state index in [9.17, 15) is 0 Å². The monoisotopic (exact) mass is 259 g/mol. The standard InChI is InChI=1S/C16H25N3/c1-11(2)19-12(3)18-14-10-13(6-7-15(14)19)16(4,5)8-9-17/h6-7,10-11H,8-9,17H2,1-5H3. The van der Waals surface area contributed by atoms with Crippen LogP contribution >= 0.6 is 0 Å². The van der Waals surface area contributed by atoms with E-state index >= 15 is 0 Å². The van der Waals surface area contributed by atoms with Gasteiger partial charge in [-0.3, -0.25) is 0 Å². The van der Waals surface area contributed by atoms with Gasteiger partial charge in [0.2, 0.25) is 0 Å². The van der Waals surface area contributed by atoms with Crippen molar-refractivity contribution in [3.63, 3.8) is 0 Å². The molecule has 0 spiro atoms. The number of fused-ring (bicyclic) bond motifs is 1. The number of benzene rings is 1. The summed E-state index contributed by atoms with van der Waals surface area (Å²) in [5.74, 6) is 1.08. The van der Waals surface area contributed by atoms with E-state index < -0.39 is 0 Å². The van der Waals surface area contributed by atoms with Crippen LogP contribution in [0.4, 0.5) is 0 Å². The summed E-state index contributed by atoms with van der Waals surface area (Å²) < 4.78 is 2.29. The highest BCUT2D eigenvalue weighted by molar-refractivity contribution is 5.77. The number of nitrogens with zero attached hydrogens (tertiary/aromatic N) is 2. The van der Waals surface area contributed by atoms with Crippen LogP contribution < -0.4 is 5.73 Å². The van der Waals surface area contributed by atoms with E-state index in [-0.39, 0.29) is 5.41 Å². The zero-order chi connectivity index (χ0) is 14.2. The van der Waals surface area contributed by atoms with Gasteiger partial charge in [0, 0.05) is 6.04 Å². The minimum absolute atomic E-state index is 0.110. The molecule has 2 N–H and O–H groups in total. The Balaban J connectivity index is 2.54. The summed E-state index contributed by atoms with van der Waals surface area (Å²) in [6.07, 6.45) is 0.988. The number of rotatable bonds is 4. The normalized spacial score (nSPS) is 12.6. The van der Waals surface area contributed by atoms with E-state index in [1.54, 1.807) is 0 Å². The van der Waals surface area contributed by atoms with Crippen LogP contribution in [0.25, 0.3) is 11.0 Å². The molecule has 1 heterocycles. The molecule has 2 rings (SSSR count). The maximum absolute atomic E-state index is 5.71. The molecule has 2 aromatic rings. The minimum Gasteiger partial charge on any atom is -0.330 e. The van der Waals surface area contributed by atoms with Crippen molar-refractivity contribution in [2.75, 3.05) is 6.54 Å². The molecule has 0 amide bonds. The fourth-order valence-electron chi connectivity index (χ4n) is 2.80. The third-order valence-electron chi connectivity index (χ3n) is 3.93. The fourth-order valence-corrected chi connectivity index (χ4v) is 2.80. The first-order chi connectivity index (χ1) is 8.86. The Morgan fingerprint density at radius 1 is 1.32 bits per heavy atom. The molecule has 0 unspecified atom stereocenters. The summed E-state index contributed by atoms with van der Waals surface area (Å²) in [7, 11) is 0. The fraction of sp³-hybridized carbons (Fsp3) is 0.562. The van der Waals surface area contributed by atoms with Gasteiger partial charge in [0.1, 0.15) is 5.82 Å². The van der Waals surface area contributed by atoms with Crippen molar-refractivity contribution in [3.05, 3.63) is 29.6 Å². The number of nitrogens with two attached hydrogens (primary N) is 1. The molecule has 19 heavy (non-hydrogen) atoms. The van der Waals surface area contributed by atoms with Crippen molar-refractivity contribution in [3.8, 4) is 0 Å². The smallest absolute Gasteiger partial charge is 0.106 e. The lowest BCUT2D eigenvalue weighted by atomic mass is 9.81. The molecule has 0 aliphatic rings. The maximum Gasteiger partial charge on any atom is 0.106 e. The van der Waals surface area contributed by atoms with Crippen LogP contribution in [0.1, 0.15) is 51.5 Å². The van der Waals surface area contributed by atoms with Crippen LogP contribution in [0.2, 0.25) is 0 Å². The molecule has 0 atom stereocenters. The topological polar surface area (TPSA) is 43.8 Å². The van der Waals surface area contributed by atoms with Crippen LogP contribution in [-0.4, -0.2) is 16.1 Å². The van der Waals surface area contributed by atoms with Gasteiger partial charge >= 0.3 is 0 Å². The molecular weight excluding hydrogens is 234 g/mol. The van der Waals surface area contributed by atoms with Crippen molar-refractivity contribution in [2.45, 2.75) is 52.5 Å². The number of aryl methyl sites for hydroxylation is 1. The third kappa shape index (κ3) is 2.52. The van der Waals surface area contributed by atoms with Crippen LogP contribution in [-0.2, 0) is 5.41 Å². The van der Waals surface area contributed by atoms with Gasteiger partial charge in [0.15, 0.2) is 0 Å². The summed E-state index contributed by atoms with van der Waals surface area (Å²) in [6, 6.07) is 7.07. The largest absolute Gasteiger partial charge is 0.330 e. The quantitative estimate of drug-likeness (QED) is 0.912. The number of hydrogen-bond donors (Lipinski definition) is 1. The Hall–Kier alpha value is -1.35. The highest BCUT2D eigenvalue weighted by Crippen LogP contribution is 2.30. The molecular formula is C16H25N3. The number of aromatic nitrogens is 2. The molecule has 1 aromatic heterocycles. The Morgan fingerprint density at radius 3 is 2.58 bits per heavy atom. The van der Waals surface area contributed by atoms with Gasteiger partial charge in [0.25, 0.3) is 0 Å². The van der Waals surface area contributed by atoms with Crippen LogP contribution in [0.5, 0.6) is 0 Å². The predicted octanol–water partition coefficient (Wildman–Crippen LogP) is 3.55. The first-order valence-corrected chi connectivity index (χ1v) is 7.06. The van der Waals surface area contributed by atoms with Gasteiger partial charge in [-0.05, 0) is 56.8 Å². The van der Waals surface area contributed by atoms with E-state index in [0.717, 1.165) is 17.8 Å². The number of hydrogen-bond acceptors (Lipinski definition) is 2. The van der Waals surface area contributed by atoms with Crippen molar-refractivity contribution in [2.24, 2.45) is 5.73 Å². The van der Waals surface area contributed by atoms with Crippen molar-refractivity contribution in [1.82, 2.24) is 9.55 Å². The summed E-state index contributed by atoms with van der Waals surface area (Å²) in [4.78, 5) is 4.70. The predicted molar refractivity (Wildman–Crippen MR) is 81.6 cm³/mol. The molecule has 0 aliphatic carbocycles. The van der Waals surface area contributed by atoms with E-state index in [1.807, 2.05) is 0 Å². The van der Waals surface area contributed by atoms with Crippen LogP contribution in [0, 0.1) is 6.92 Å². The van der Waals surface area contributed by atoms with E-state index in [0.29, 0.717) is 12.6 Å². The van der Waals surface area contributed by atoms with Crippen LogP contribution in [0.15, 0.2) is 18.2 Å². The van der Waals surface area contributed by atoms with Crippen molar-refractivity contribution < 1.29 is 0 Å². The Labute approximate surface area is 115 Å². The Morgan fingerprint density at radius 2 is 2.00 bits per heavy atom. The summed E-state index contributed by atoms with van der Waals surface area (Å²) >= 11 is 0. The minimum atomic E-state index is 0.110. The highest BCUT2D eigenvalue weighted by atomic mass is 15.1. The Bertz CT molecular complexity index is 579. The van der Waals surface area contributed by atoms with Gasteiger partial charge in [-0.25, -0.2) is 4.98 Å². The molecule has 0 saturated carbocycles. The second-order valence-electron chi connectivity index (χ2n) is 6.25. The van der Waals surface area contributed by atoms with E-state index in [1.165, 1.54) is 11.1 Å². The van der Waals surface area contributed by atoms with Gasteiger partial charge in [-0.15, -0.1) is 0 Å². The lowest BCUT2D eigenvalue weighted by Gasteiger charge is -2.24. The summed E-state index contributed by atoms with van der Waals surface area (Å²) in [5, 5.41) is 0. The molecule has 0 saturated heterocycles. The summed E-state index contributed by atoms with van der Waals surface area (Å²) in [6.45, 7) is 11.7. The molecule has 3 heteroatoms. The molecule has 3 nitrogen and oxygen atoms in total. The van der Waals surface area contributed by atoms with Gasteiger partial charge in [0.05, 0.1) is 11.0 Å². The average Bonchev–Trinajstić information content (AvgIpc) is 2.63. The average molecular weight is 259 g/mol. The molecule has 1 aromatic carbocycles. The molecule has 104 valence electrons.